The van der Waals surface area contributed by atoms with Crippen LogP contribution < -0.4 is 14.4 Å². The minimum atomic E-state index is -0.270. The number of likely N-dealkylation sites (tertiary alicyclic amines) is 1. The maximum absolute atomic E-state index is 12.4. The van der Waals surface area contributed by atoms with Gasteiger partial charge >= 0.3 is 6.09 Å². The van der Waals surface area contributed by atoms with Crippen LogP contribution in [-0.2, 0) is 11.2 Å². The Balaban J connectivity index is 1.27. The van der Waals surface area contributed by atoms with E-state index in [4.69, 9.17) is 14.2 Å². The molecule has 6 nitrogen and oxygen atoms in total. The van der Waals surface area contributed by atoms with E-state index in [0.717, 1.165) is 60.6 Å². The number of cyclic esters (lactones) is 1. The third-order valence-corrected chi connectivity index (χ3v) is 6.96. The van der Waals surface area contributed by atoms with E-state index in [1.165, 1.54) is 5.56 Å². The third kappa shape index (κ3) is 5.33. The SMILES string of the molecule is COc1ccc(N2CC(CN3CCC(Cc4cc(OC)ccc4Br)CC3)OC2=O)cc1. The molecule has 0 spiro atoms. The zero-order chi connectivity index (χ0) is 21.8. The number of ether oxygens (including phenoxy) is 3. The first-order valence-electron chi connectivity index (χ1n) is 10.7. The van der Waals surface area contributed by atoms with Crippen molar-refractivity contribution in [3.05, 3.63) is 52.5 Å². The van der Waals surface area contributed by atoms with Gasteiger partial charge in [-0.1, -0.05) is 15.9 Å². The summed E-state index contributed by atoms with van der Waals surface area (Å²) in [5.41, 5.74) is 2.15. The molecule has 0 aliphatic carbocycles. The molecule has 2 aliphatic heterocycles. The number of carbonyl (C=O) groups is 1. The Morgan fingerprint density at radius 2 is 1.71 bits per heavy atom. The van der Waals surface area contributed by atoms with E-state index in [1.54, 1.807) is 19.1 Å². The number of carbonyl (C=O) groups excluding carboxylic acids is 1. The van der Waals surface area contributed by atoms with Crippen LogP contribution in [0.3, 0.4) is 0 Å². The summed E-state index contributed by atoms with van der Waals surface area (Å²) >= 11 is 3.67. The van der Waals surface area contributed by atoms with Crippen molar-refractivity contribution in [2.45, 2.75) is 25.4 Å². The Morgan fingerprint density at radius 3 is 2.39 bits per heavy atom. The maximum atomic E-state index is 12.4. The van der Waals surface area contributed by atoms with Gasteiger partial charge in [0.2, 0.25) is 0 Å². The molecule has 0 aromatic heterocycles. The molecule has 0 radical (unpaired) electrons. The molecule has 7 heteroatoms. The summed E-state index contributed by atoms with van der Waals surface area (Å²) in [5.74, 6) is 2.33. The van der Waals surface area contributed by atoms with Gasteiger partial charge in [0, 0.05) is 16.7 Å². The fraction of sp³-hybridized carbons (Fsp3) is 0.458. The first kappa shape index (κ1) is 22.0. The van der Waals surface area contributed by atoms with Crippen LogP contribution in [0, 0.1) is 5.92 Å². The summed E-state index contributed by atoms with van der Waals surface area (Å²) < 4.78 is 17.4. The maximum Gasteiger partial charge on any atom is 0.414 e. The molecule has 1 amide bonds. The number of halogens is 1. The minimum Gasteiger partial charge on any atom is -0.497 e. The van der Waals surface area contributed by atoms with Crippen LogP contribution in [0.2, 0.25) is 0 Å². The zero-order valence-corrected chi connectivity index (χ0v) is 19.6. The Hall–Kier alpha value is -2.25. The van der Waals surface area contributed by atoms with Gasteiger partial charge in [0.15, 0.2) is 0 Å². The van der Waals surface area contributed by atoms with Crippen LogP contribution >= 0.6 is 15.9 Å². The lowest BCUT2D eigenvalue weighted by molar-refractivity contribution is 0.0914. The van der Waals surface area contributed by atoms with E-state index in [2.05, 4.69) is 33.0 Å². The zero-order valence-electron chi connectivity index (χ0n) is 18.1. The first-order valence-corrected chi connectivity index (χ1v) is 11.5. The quantitative estimate of drug-likeness (QED) is 0.562. The summed E-state index contributed by atoms with van der Waals surface area (Å²) in [5, 5.41) is 0. The highest BCUT2D eigenvalue weighted by Crippen LogP contribution is 2.29. The van der Waals surface area contributed by atoms with Crippen LogP contribution in [0.25, 0.3) is 0 Å². The summed E-state index contributed by atoms with van der Waals surface area (Å²) in [6.45, 7) is 3.43. The average molecular weight is 489 g/mol. The number of amides is 1. The molecule has 1 atom stereocenters. The van der Waals surface area contributed by atoms with Gasteiger partial charge in [-0.25, -0.2) is 4.79 Å². The van der Waals surface area contributed by atoms with Gasteiger partial charge in [-0.15, -0.1) is 0 Å². The van der Waals surface area contributed by atoms with Crippen molar-refractivity contribution >= 4 is 27.7 Å². The molecule has 2 saturated heterocycles. The number of hydrogen-bond acceptors (Lipinski definition) is 5. The van der Waals surface area contributed by atoms with E-state index >= 15 is 0 Å². The number of nitrogens with zero attached hydrogens (tertiary/aromatic N) is 2. The van der Waals surface area contributed by atoms with E-state index < -0.39 is 0 Å². The van der Waals surface area contributed by atoms with Gasteiger partial charge in [0.1, 0.15) is 17.6 Å². The van der Waals surface area contributed by atoms with Gasteiger partial charge in [-0.05, 0) is 86.3 Å². The number of piperidine rings is 1. The van der Waals surface area contributed by atoms with Crippen molar-refractivity contribution in [2.24, 2.45) is 5.92 Å². The summed E-state index contributed by atoms with van der Waals surface area (Å²) in [4.78, 5) is 16.5. The lowest BCUT2D eigenvalue weighted by Crippen LogP contribution is -2.40. The van der Waals surface area contributed by atoms with E-state index in [1.807, 2.05) is 30.3 Å². The van der Waals surface area contributed by atoms with Crippen LogP contribution in [0.5, 0.6) is 11.5 Å². The Labute approximate surface area is 192 Å². The standard InChI is InChI=1S/C24H29BrN2O4/c1-29-20-5-3-19(4-6-20)27-16-22(31-24(27)28)15-26-11-9-17(10-12-26)13-18-14-21(30-2)7-8-23(18)25/h3-8,14,17,22H,9-13,15-16H2,1-2H3. The van der Waals surface area contributed by atoms with E-state index in [0.29, 0.717) is 12.5 Å². The molecular weight excluding hydrogens is 460 g/mol. The van der Waals surface area contributed by atoms with Crippen molar-refractivity contribution in [1.29, 1.82) is 0 Å². The number of rotatable bonds is 7. The number of anilines is 1. The number of hydrogen-bond donors (Lipinski definition) is 0. The molecule has 0 saturated carbocycles. The molecule has 0 bridgehead atoms. The second kappa shape index (κ2) is 9.92. The second-order valence-corrected chi connectivity index (χ2v) is 9.07. The average Bonchev–Trinajstić information content (AvgIpc) is 3.16. The lowest BCUT2D eigenvalue weighted by atomic mass is 9.90. The molecule has 2 fully saturated rings. The van der Waals surface area contributed by atoms with Crippen LogP contribution in [0.1, 0.15) is 18.4 Å². The lowest BCUT2D eigenvalue weighted by Gasteiger charge is -2.33. The van der Waals surface area contributed by atoms with Gasteiger partial charge in [0.05, 0.1) is 20.8 Å². The van der Waals surface area contributed by atoms with Crippen molar-refractivity contribution in [3.8, 4) is 11.5 Å². The second-order valence-electron chi connectivity index (χ2n) is 8.22. The minimum absolute atomic E-state index is 0.0984. The molecular formula is C24H29BrN2O4. The topological polar surface area (TPSA) is 51.2 Å². The van der Waals surface area contributed by atoms with Crippen LogP contribution in [0.15, 0.2) is 46.9 Å². The third-order valence-electron chi connectivity index (χ3n) is 6.19. The molecule has 31 heavy (non-hydrogen) atoms. The number of methoxy groups -OCH3 is 2. The smallest absolute Gasteiger partial charge is 0.414 e. The van der Waals surface area contributed by atoms with E-state index in [9.17, 15) is 4.79 Å². The van der Waals surface area contributed by atoms with Gasteiger partial charge in [0.25, 0.3) is 0 Å². The summed E-state index contributed by atoms with van der Waals surface area (Å²) in [7, 11) is 3.34. The predicted octanol–water partition coefficient (Wildman–Crippen LogP) is 4.75. The molecule has 2 aromatic carbocycles. The predicted molar refractivity (Wildman–Crippen MR) is 124 cm³/mol. The van der Waals surface area contributed by atoms with Crippen molar-refractivity contribution in [2.75, 3.05) is 45.3 Å². The van der Waals surface area contributed by atoms with Crippen molar-refractivity contribution in [3.63, 3.8) is 0 Å². The van der Waals surface area contributed by atoms with E-state index in [-0.39, 0.29) is 12.2 Å². The molecule has 4 rings (SSSR count). The summed E-state index contributed by atoms with van der Waals surface area (Å²) in [6, 6.07) is 13.7. The Kier molecular flexibility index (Phi) is 7.02. The molecule has 2 aromatic rings. The fourth-order valence-corrected chi connectivity index (χ4v) is 4.80. The highest BCUT2D eigenvalue weighted by Gasteiger charge is 2.34. The fourth-order valence-electron chi connectivity index (χ4n) is 4.40. The largest absolute Gasteiger partial charge is 0.497 e. The molecule has 1 unspecified atom stereocenters. The monoisotopic (exact) mass is 488 g/mol. The molecule has 2 aliphatic rings. The highest BCUT2D eigenvalue weighted by molar-refractivity contribution is 9.10. The normalized spacial score (nSPS) is 20.0. The van der Waals surface area contributed by atoms with Crippen LogP contribution in [-0.4, -0.2) is 57.5 Å². The highest BCUT2D eigenvalue weighted by atomic mass is 79.9. The Bertz CT molecular complexity index is 897. The van der Waals surface area contributed by atoms with Gasteiger partial charge in [-0.3, -0.25) is 9.80 Å². The van der Waals surface area contributed by atoms with Crippen molar-refractivity contribution in [1.82, 2.24) is 4.90 Å². The van der Waals surface area contributed by atoms with Crippen LogP contribution in [0.4, 0.5) is 10.5 Å². The van der Waals surface area contributed by atoms with Gasteiger partial charge < -0.3 is 14.2 Å². The summed E-state index contributed by atoms with van der Waals surface area (Å²) in [6.07, 6.45) is 2.97. The molecule has 166 valence electrons. The van der Waals surface area contributed by atoms with Gasteiger partial charge in [-0.2, -0.15) is 0 Å². The molecule has 2 heterocycles. The molecule has 0 N–H and O–H groups in total. The Morgan fingerprint density at radius 1 is 1.03 bits per heavy atom. The van der Waals surface area contributed by atoms with Crippen molar-refractivity contribution < 1.29 is 19.0 Å². The number of benzene rings is 2. The first-order chi connectivity index (χ1) is 15.1.